The fourth-order valence-electron chi connectivity index (χ4n) is 1.24. The molecule has 96 valence electrons. The SMILES string of the molecule is NC(=O)OC1=COC2=COCOC2=C1OC(N)=O. The van der Waals surface area contributed by atoms with Gasteiger partial charge < -0.3 is 35.2 Å². The van der Waals surface area contributed by atoms with Gasteiger partial charge in [0.2, 0.25) is 29.8 Å². The summed E-state index contributed by atoms with van der Waals surface area (Å²) in [6, 6.07) is 0. The Bertz CT molecular complexity index is 491. The highest BCUT2D eigenvalue weighted by molar-refractivity contribution is 5.69. The lowest BCUT2D eigenvalue weighted by Crippen LogP contribution is -2.24. The molecule has 0 saturated heterocycles. The Morgan fingerprint density at radius 2 is 1.89 bits per heavy atom. The van der Waals surface area contributed by atoms with Crippen LogP contribution in [-0.2, 0) is 23.7 Å². The van der Waals surface area contributed by atoms with E-state index in [0.29, 0.717) is 0 Å². The standard InChI is InChI=1S/C9H8N2O7/c10-8(12)17-5-2-15-4-1-14-3-16-6(4)7(5)18-9(11)13/h1-2H,3H2,(H2,10,12)(H2,11,13). The highest BCUT2D eigenvalue weighted by Gasteiger charge is 2.31. The fourth-order valence-corrected chi connectivity index (χ4v) is 1.24. The number of hydrogen-bond donors (Lipinski definition) is 2. The van der Waals surface area contributed by atoms with Crippen molar-refractivity contribution in [2.24, 2.45) is 11.5 Å². The van der Waals surface area contributed by atoms with Crippen LogP contribution in [0.4, 0.5) is 9.59 Å². The van der Waals surface area contributed by atoms with Crippen LogP contribution < -0.4 is 11.5 Å². The molecule has 18 heavy (non-hydrogen) atoms. The first kappa shape index (κ1) is 11.6. The molecule has 0 aromatic carbocycles. The van der Waals surface area contributed by atoms with Gasteiger partial charge in [-0.2, -0.15) is 0 Å². The van der Waals surface area contributed by atoms with Gasteiger partial charge in [0.15, 0.2) is 0 Å². The summed E-state index contributed by atoms with van der Waals surface area (Å²) in [6.45, 7) is -0.127. The van der Waals surface area contributed by atoms with Gasteiger partial charge in [-0.1, -0.05) is 0 Å². The molecule has 0 atom stereocenters. The van der Waals surface area contributed by atoms with Crippen molar-refractivity contribution in [2.45, 2.75) is 0 Å². The van der Waals surface area contributed by atoms with Crippen LogP contribution in [0.3, 0.4) is 0 Å². The predicted octanol–water partition coefficient (Wildman–Crippen LogP) is 0.106. The quantitative estimate of drug-likeness (QED) is 0.716. The van der Waals surface area contributed by atoms with Gasteiger partial charge >= 0.3 is 12.2 Å². The molecule has 4 N–H and O–H groups in total. The number of carbonyl (C=O) groups is 2. The minimum atomic E-state index is -1.12. The van der Waals surface area contributed by atoms with E-state index in [0.717, 1.165) is 6.26 Å². The Morgan fingerprint density at radius 3 is 2.56 bits per heavy atom. The Hall–Kier alpha value is -2.84. The minimum Gasteiger partial charge on any atom is -0.461 e. The molecule has 0 aromatic rings. The van der Waals surface area contributed by atoms with Gasteiger partial charge in [0.25, 0.3) is 0 Å². The Morgan fingerprint density at radius 1 is 1.17 bits per heavy atom. The molecule has 0 unspecified atom stereocenters. The van der Waals surface area contributed by atoms with Crippen molar-refractivity contribution >= 4 is 12.2 Å². The summed E-state index contributed by atoms with van der Waals surface area (Å²) < 4.78 is 24.2. The smallest absolute Gasteiger partial charge is 0.410 e. The Kier molecular flexibility index (Phi) is 2.96. The predicted molar refractivity (Wildman–Crippen MR) is 52.7 cm³/mol. The van der Waals surface area contributed by atoms with Crippen molar-refractivity contribution in [1.82, 2.24) is 0 Å². The van der Waals surface area contributed by atoms with Crippen LogP contribution in [0.5, 0.6) is 0 Å². The molecule has 9 nitrogen and oxygen atoms in total. The molecule has 0 aromatic heterocycles. The average Bonchev–Trinajstić information content (AvgIpc) is 2.31. The second kappa shape index (κ2) is 4.57. The monoisotopic (exact) mass is 256 g/mol. The van der Waals surface area contributed by atoms with E-state index in [1.54, 1.807) is 0 Å². The minimum absolute atomic E-state index is 0.0128. The number of ether oxygens (including phenoxy) is 5. The van der Waals surface area contributed by atoms with Crippen molar-refractivity contribution in [3.63, 3.8) is 0 Å². The lowest BCUT2D eigenvalue weighted by atomic mass is 10.2. The maximum absolute atomic E-state index is 10.8. The molecule has 2 heterocycles. The number of carbonyl (C=O) groups excluding carboxylic acids is 2. The molecule has 0 saturated carbocycles. The zero-order valence-electron chi connectivity index (χ0n) is 8.87. The Balaban J connectivity index is 2.37. The molecule has 0 spiro atoms. The normalized spacial score (nSPS) is 17.1. The van der Waals surface area contributed by atoms with E-state index in [-0.39, 0.29) is 29.8 Å². The molecule has 0 fully saturated rings. The van der Waals surface area contributed by atoms with Crippen LogP contribution in [0.2, 0.25) is 0 Å². The van der Waals surface area contributed by atoms with E-state index in [4.69, 9.17) is 30.4 Å². The first-order chi connectivity index (χ1) is 8.58. The van der Waals surface area contributed by atoms with Gasteiger partial charge in [-0.25, -0.2) is 9.59 Å². The second-order valence-corrected chi connectivity index (χ2v) is 3.01. The van der Waals surface area contributed by atoms with Crippen molar-refractivity contribution in [1.29, 1.82) is 0 Å². The van der Waals surface area contributed by atoms with Crippen LogP contribution in [0, 0.1) is 0 Å². The van der Waals surface area contributed by atoms with E-state index in [9.17, 15) is 9.59 Å². The first-order valence-electron chi connectivity index (χ1n) is 4.59. The molecule has 2 rings (SSSR count). The highest BCUT2D eigenvalue weighted by Crippen LogP contribution is 2.32. The molecular formula is C9H8N2O7. The van der Waals surface area contributed by atoms with Gasteiger partial charge in [0.05, 0.1) is 0 Å². The zero-order valence-corrected chi connectivity index (χ0v) is 8.87. The van der Waals surface area contributed by atoms with E-state index in [1.165, 1.54) is 6.26 Å². The number of nitrogens with two attached hydrogens (primary N) is 2. The molecule has 2 amide bonds. The number of primary amides is 2. The zero-order chi connectivity index (χ0) is 13.1. The van der Waals surface area contributed by atoms with Crippen LogP contribution >= 0.6 is 0 Å². The topological polar surface area (TPSA) is 132 Å². The summed E-state index contributed by atoms with van der Waals surface area (Å²) >= 11 is 0. The van der Waals surface area contributed by atoms with Crippen molar-refractivity contribution in [2.75, 3.05) is 6.79 Å². The average molecular weight is 256 g/mol. The summed E-state index contributed by atoms with van der Waals surface area (Å²) in [5.41, 5.74) is 9.75. The van der Waals surface area contributed by atoms with Crippen LogP contribution in [-0.4, -0.2) is 19.0 Å². The molecular weight excluding hydrogens is 248 g/mol. The van der Waals surface area contributed by atoms with E-state index in [2.05, 4.69) is 4.74 Å². The number of fused-ring (bicyclic) bond motifs is 1. The Labute approximate surface area is 100 Å². The number of rotatable bonds is 2. The first-order valence-corrected chi connectivity index (χ1v) is 4.59. The third-order valence-corrected chi connectivity index (χ3v) is 1.82. The van der Waals surface area contributed by atoms with Crippen LogP contribution in [0.1, 0.15) is 0 Å². The van der Waals surface area contributed by atoms with E-state index >= 15 is 0 Å². The molecule has 0 radical (unpaired) electrons. The van der Waals surface area contributed by atoms with Crippen molar-refractivity contribution in [3.05, 3.63) is 35.6 Å². The van der Waals surface area contributed by atoms with Crippen LogP contribution in [0.25, 0.3) is 0 Å². The van der Waals surface area contributed by atoms with Gasteiger partial charge in [0.1, 0.15) is 12.5 Å². The molecule has 9 heteroatoms. The molecule has 0 aliphatic carbocycles. The molecule has 0 bridgehead atoms. The van der Waals surface area contributed by atoms with Crippen LogP contribution in [0.15, 0.2) is 35.6 Å². The van der Waals surface area contributed by atoms with Gasteiger partial charge in [0, 0.05) is 0 Å². The van der Waals surface area contributed by atoms with E-state index in [1.807, 2.05) is 0 Å². The third kappa shape index (κ3) is 2.29. The number of hydrogen-bond acceptors (Lipinski definition) is 7. The maximum atomic E-state index is 10.8. The van der Waals surface area contributed by atoms with Gasteiger partial charge in [-0.15, -0.1) is 0 Å². The van der Waals surface area contributed by atoms with Gasteiger partial charge in [-0.3, -0.25) is 0 Å². The third-order valence-electron chi connectivity index (χ3n) is 1.82. The highest BCUT2D eigenvalue weighted by atomic mass is 16.7. The fraction of sp³-hybridized carbons (Fsp3) is 0.111. The summed E-state index contributed by atoms with van der Waals surface area (Å²) in [7, 11) is 0. The van der Waals surface area contributed by atoms with E-state index < -0.39 is 12.2 Å². The lowest BCUT2D eigenvalue weighted by molar-refractivity contribution is -0.0114. The second-order valence-electron chi connectivity index (χ2n) is 3.01. The largest absolute Gasteiger partial charge is 0.461 e. The summed E-state index contributed by atoms with van der Waals surface area (Å²) in [4.78, 5) is 21.5. The summed E-state index contributed by atoms with van der Waals surface area (Å²) in [5.74, 6) is -0.314. The molecule has 2 aliphatic heterocycles. The van der Waals surface area contributed by atoms with Crippen molar-refractivity contribution in [3.8, 4) is 0 Å². The summed E-state index contributed by atoms with van der Waals surface area (Å²) in [6.07, 6.45) is 0.000239. The number of amides is 2. The lowest BCUT2D eigenvalue weighted by Gasteiger charge is -2.24. The van der Waals surface area contributed by atoms with Gasteiger partial charge in [-0.05, 0) is 0 Å². The van der Waals surface area contributed by atoms with Crippen molar-refractivity contribution < 1.29 is 33.3 Å². The maximum Gasteiger partial charge on any atom is 0.410 e. The summed E-state index contributed by atoms with van der Waals surface area (Å²) in [5, 5.41) is 0. The molecule has 2 aliphatic rings.